The van der Waals surface area contributed by atoms with E-state index in [0.717, 1.165) is 0 Å². The number of alkyl halides is 3. The zero-order valence-electron chi connectivity index (χ0n) is 5.14. The molecule has 1 aliphatic rings. The Bertz CT molecular complexity index is 192. The van der Waals surface area contributed by atoms with Crippen molar-refractivity contribution in [2.24, 2.45) is 0 Å². The van der Waals surface area contributed by atoms with Crippen molar-refractivity contribution < 1.29 is 14.3 Å². The molecule has 0 bridgehead atoms. The molecule has 3 nitrogen and oxygen atoms in total. The minimum Gasteiger partial charge on any atom is -0.443 e. The first-order chi connectivity index (χ1) is 4.91. The van der Waals surface area contributed by atoms with Gasteiger partial charge in [-0.1, -0.05) is 34.8 Å². The molecule has 1 saturated heterocycles. The number of cyclic esters (lactones) is 1. The summed E-state index contributed by atoms with van der Waals surface area (Å²) >= 11 is 16.1. The van der Waals surface area contributed by atoms with Crippen molar-refractivity contribution in [2.45, 2.75) is 10.1 Å². The summed E-state index contributed by atoms with van der Waals surface area (Å²) in [6.07, 6.45) is -1.19. The van der Waals surface area contributed by atoms with Crippen LogP contribution >= 0.6 is 34.8 Å². The summed E-state index contributed by atoms with van der Waals surface area (Å²) in [6.45, 7) is 3.23. The molecule has 0 saturated carbocycles. The smallest absolute Gasteiger partial charge is 0.376 e. The molecule has 1 rings (SSSR count). The molecular formula is C5H3Cl3O3. The second-order valence-corrected chi connectivity index (χ2v) is 4.19. The Morgan fingerprint density at radius 1 is 1.36 bits per heavy atom. The number of carbonyl (C=O) groups excluding carboxylic acids is 1. The molecule has 1 heterocycles. The van der Waals surface area contributed by atoms with Gasteiger partial charge in [0.1, 0.15) is 0 Å². The maximum Gasteiger partial charge on any atom is 0.376 e. The third kappa shape index (κ3) is 1.92. The molecule has 11 heavy (non-hydrogen) atoms. The van der Waals surface area contributed by atoms with Crippen LogP contribution in [0.15, 0.2) is 12.3 Å². The molecule has 0 aromatic heterocycles. The summed E-state index contributed by atoms with van der Waals surface area (Å²) in [5, 5.41) is 0. The average Bonchev–Trinajstić information content (AvgIpc) is 2.11. The number of carbonyl (C=O) groups is 1. The van der Waals surface area contributed by atoms with Gasteiger partial charge >= 0.3 is 5.97 Å². The fraction of sp³-hybridized carbons (Fsp3) is 0.400. The quantitative estimate of drug-likeness (QED) is 0.352. The molecule has 6 heteroatoms. The van der Waals surface area contributed by atoms with Crippen LogP contribution in [0, 0.1) is 0 Å². The highest BCUT2D eigenvalue weighted by molar-refractivity contribution is 6.68. The van der Waals surface area contributed by atoms with E-state index in [-0.39, 0.29) is 5.76 Å². The lowest BCUT2D eigenvalue weighted by Gasteiger charge is -2.15. The van der Waals surface area contributed by atoms with Crippen LogP contribution in [0.25, 0.3) is 0 Å². The highest BCUT2D eigenvalue weighted by Gasteiger charge is 2.44. The van der Waals surface area contributed by atoms with E-state index >= 15 is 0 Å². The Labute approximate surface area is 77.8 Å². The van der Waals surface area contributed by atoms with Crippen LogP contribution in [0.5, 0.6) is 0 Å². The van der Waals surface area contributed by atoms with Crippen LogP contribution in [-0.2, 0) is 14.3 Å². The number of hydrogen-bond acceptors (Lipinski definition) is 3. The molecule has 0 radical (unpaired) electrons. The first-order valence-electron chi connectivity index (χ1n) is 2.54. The first-order valence-corrected chi connectivity index (χ1v) is 3.68. The zero-order valence-corrected chi connectivity index (χ0v) is 7.41. The Balaban J connectivity index is 2.68. The second-order valence-electron chi connectivity index (χ2n) is 1.82. The molecule has 0 aromatic rings. The first kappa shape index (κ1) is 8.97. The zero-order chi connectivity index (χ0) is 8.65. The van der Waals surface area contributed by atoms with E-state index in [1.807, 2.05) is 0 Å². The fourth-order valence-corrected chi connectivity index (χ4v) is 0.765. The van der Waals surface area contributed by atoms with Gasteiger partial charge in [-0.15, -0.1) is 0 Å². The van der Waals surface area contributed by atoms with E-state index in [2.05, 4.69) is 16.1 Å². The molecule has 0 aromatic carbocycles. The third-order valence-corrected chi connectivity index (χ3v) is 1.49. The van der Waals surface area contributed by atoms with Gasteiger partial charge in [0.25, 0.3) is 10.1 Å². The van der Waals surface area contributed by atoms with Gasteiger partial charge in [-0.3, -0.25) is 0 Å². The number of esters is 1. The van der Waals surface area contributed by atoms with Gasteiger partial charge in [-0.05, 0) is 6.58 Å². The molecule has 62 valence electrons. The van der Waals surface area contributed by atoms with E-state index in [0.29, 0.717) is 0 Å². The van der Waals surface area contributed by atoms with Gasteiger partial charge in [0.05, 0.1) is 0 Å². The van der Waals surface area contributed by atoms with Crippen molar-refractivity contribution in [3.8, 4) is 0 Å². The molecule has 0 N–H and O–H groups in total. The van der Waals surface area contributed by atoms with Crippen LogP contribution in [-0.4, -0.2) is 16.1 Å². The Kier molecular flexibility index (Phi) is 2.23. The molecule has 0 amide bonds. The van der Waals surface area contributed by atoms with E-state index in [1.165, 1.54) is 0 Å². The lowest BCUT2D eigenvalue weighted by atomic mass is 10.6. The molecule has 1 aliphatic heterocycles. The summed E-state index contributed by atoms with van der Waals surface area (Å²) < 4.78 is 7.39. The molecule has 1 unspecified atom stereocenters. The molecule has 1 fully saturated rings. The predicted octanol–water partition coefficient (Wildman–Crippen LogP) is 1.77. The maximum absolute atomic E-state index is 10.6. The summed E-state index contributed by atoms with van der Waals surface area (Å²) in [5.41, 5.74) is 0. The summed E-state index contributed by atoms with van der Waals surface area (Å²) in [4.78, 5) is 10.6. The lowest BCUT2D eigenvalue weighted by Crippen LogP contribution is -2.26. The van der Waals surface area contributed by atoms with Gasteiger partial charge in [0, 0.05) is 0 Å². The number of ether oxygens (including phenoxy) is 2. The van der Waals surface area contributed by atoms with Crippen LogP contribution in [0.1, 0.15) is 0 Å². The van der Waals surface area contributed by atoms with Crippen LogP contribution in [0.3, 0.4) is 0 Å². The largest absolute Gasteiger partial charge is 0.443 e. The standard InChI is InChI=1S/C5H3Cl3O3/c1-2-3(9)11-4(10-2)5(6,7)8/h4H,1H2. The van der Waals surface area contributed by atoms with Crippen molar-refractivity contribution in [2.75, 3.05) is 0 Å². The topological polar surface area (TPSA) is 35.5 Å². The summed E-state index contributed by atoms with van der Waals surface area (Å²) in [5.74, 6) is -0.859. The highest BCUT2D eigenvalue weighted by Crippen LogP contribution is 2.36. The van der Waals surface area contributed by atoms with Crippen molar-refractivity contribution >= 4 is 40.8 Å². The van der Waals surface area contributed by atoms with Crippen molar-refractivity contribution in [3.63, 3.8) is 0 Å². The van der Waals surface area contributed by atoms with Crippen LogP contribution in [0.2, 0.25) is 0 Å². The Hall–Kier alpha value is -0.120. The van der Waals surface area contributed by atoms with Crippen molar-refractivity contribution in [3.05, 3.63) is 12.3 Å². The van der Waals surface area contributed by atoms with E-state index in [1.54, 1.807) is 0 Å². The van der Waals surface area contributed by atoms with Gasteiger partial charge < -0.3 is 9.47 Å². The van der Waals surface area contributed by atoms with Crippen LogP contribution < -0.4 is 0 Å². The average molecular weight is 217 g/mol. The van der Waals surface area contributed by atoms with Crippen LogP contribution in [0.4, 0.5) is 0 Å². The minimum absolute atomic E-state index is 0.152. The normalized spacial score (nSPS) is 24.8. The maximum atomic E-state index is 10.6. The van der Waals surface area contributed by atoms with E-state index in [4.69, 9.17) is 34.8 Å². The molecule has 0 spiro atoms. The van der Waals surface area contributed by atoms with Gasteiger partial charge in [0.15, 0.2) is 0 Å². The number of rotatable bonds is 0. The fourth-order valence-electron chi connectivity index (χ4n) is 0.498. The van der Waals surface area contributed by atoms with Crippen molar-refractivity contribution in [1.82, 2.24) is 0 Å². The number of hydrogen-bond donors (Lipinski definition) is 0. The molecule has 0 aliphatic carbocycles. The van der Waals surface area contributed by atoms with E-state index in [9.17, 15) is 4.79 Å². The van der Waals surface area contributed by atoms with Gasteiger partial charge in [-0.2, -0.15) is 0 Å². The van der Waals surface area contributed by atoms with E-state index < -0.39 is 16.1 Å². The molecule has 1 atom stereocenters. The molecular weight excluding hydrogens is 214 g/mol. The summed E-state index contributed by atoms with van der Waals surface area (Å²) in [7, 11) is 0. The Morgan fingerprint density at radius 2 is 1.91 bits per heavy atom. The highest BCUT2D eigenvalue weighted by atomic mass is 35.6. The Morgan fingerprint density at radius 3 is 2.09 bits per heavy atom. The predicted molar refractivity (Wildman–Crippen MR) is 40.4 cm³/mol. The third-order valence-electron chi connectivity index (χ3n) is 0.958. The van der Waals surface area contributed by atoms with Gasteiger partial charge in [-0.25, -0.2) is 4.79 Å². The van der Waals surface area contributed by atoms with Gasteiger partial charge in [0.2, 0.25) is 5.76 Å². The minimum atomic E-state index is -1.77. The SMILES string of the molecule is C=C1OC(C(Cl)(Cl)Cl)OC1=O. The monoisotopic (exact) mass is 216 g/mol. The lowest BCUT2D eigenvalue weighted by molar-refractivity contribution is -0.142. The number of halogens is 3. The van der Waals surface area contributed by atoms with Crippen molar-refractivity contribution in [1.29, 1.82) is 0 Å². The second kappa shape index (κ2) is 2.73. The summed E-state index contributed by atoms with van der Waals surface area (Å²) in [6, 6.07) is 0.